The molecule has 0 unspecified atom stereocenters. The Balaban J connectivity index is 1.55. The van der Waals surface area contributed by atoms with Gasteiger partial charge >= 0.3 is 0 Å². The van der Waals surface area contributed by atoms with E-state index in [4.69, 9.17) is 11.5 Å². The molecule has 126 valence electrons. The van der Waals surface area contributed by atoms with Crippen LogP contribution in [-0.4, -0.2) is 72.4 Å². The van der Waals surface area contributed by atoms with Gasteiger partial charge in [0.25, 0.3) is 0 Å². The lowest BCUT2D eigenvalue weighted by molar-refractivity contribution is -0.123. The number of unbranched alkanes of at least 4 members (excludes halogenated alkanes) is 1. The van der Waals surface area contributed by atoms with Crippen molar-refractivity contribution < 1.29 is 4.79 Å². The first-order chi connectivity index (χ1) is 10.7. The van der Waals surface area contributed by atoms with Gasteiger partial charge in [-0.1, -0.05) is 0 Å². The van der Waals surface area contributed by atoms with Gasteiger partial charge in [0.05, 0.1) is 0 Å². The van der Waals surface area contributed by atoms with Crippen LogP contribution in [0, 0.1) is 5.92 Å². The van der Waals surface area contributed by atoms with Crippen molar-refractivity contribution in [2.75, 3.05) is 50.8 Å². The Morgan fingerprint density at radius 1 is 1.09 bits per heavy atom. The highest BCUT2D eigenvalue weighted by atomic mass is 32.2. The molecule has 2 rings (SSSR count). The Bertz CT molecular complexity index is 376. The van der Waals surface area contributed by atoms with Crippen molar-refractivity contribution in [1.29, 1.82) is 0 Å². The molecule has 7 heteroatoms. The molecule has 22 heavy (non-hydrogen) atoms. The van der Waals surface area contributed by atoms with E-state index < -0.39 is 0 Å². The average Bonchev–Trinajstić information content (AvgIpc) is 2.55. The summed E-state index contributed by atoms with van der Waals surface area (Å²) in [6.07, 6.45) is 4.02. The average molecular weight is 327 g/mol. The largest absolute Gasteiger partial charge is 0.370 e. The summed E-state index contributed by atoms with van der Waals surface area (Å²) < 4.78 is 0. The lowest BCUT2D eigenvalue weighted by atomic mass is 9.96. The van der Waals surface area contributed by atoms with Gasteiger partial charge in [-0.05, 0) is 45.3 Å². The van der Waals surface area contributed by atoms with Gasteiger partial charge in [0.1, 0.15) is 0 Å². The molecule has 0 aromatic rings. The maximum atomic E-state index is 11.1. The van der Waals surface area contributed by atoms with E-state index in [0.29, 0.717) is 5.96 Å². The molecule has 0 aliphatic carbocycles. The minimum atomic E-state index is -0.138. The summed E-state index contributed by atoms with van der Waals surface area (Å²) in [5.74, 6) is 2.96. The number of thioether (sulfide) groups is 1. The van der Waals surface area contributed by atoms with Crippen LogP contribution in [0.4, 0.5) is 0 Å². The van der Waals surface area contributed by atoms with Gasteiger partial charge in [-0.3, -0.25) is 9.79 Å². The number of hydrogen-bond donors (Lipinski definition) is 2. The van der Waals surface area contributed by atoms with Crippen LogP contribution in [0.2, 0.25) is 0 Å². The minimum absolute atomic E-state index is 0.0864. The number of rotatable bonds is 6. The molecule has 0 aromatic carbocycles. The monoisotopic (exact) mass is 327 g/mol. The summed E-state index contributed by atoms with van der Waals surface area (Å²) in [7, 11) is 0. The lowest BCUT2D eigenvalue weighted by Gasteiger charge is -2.30. The number of carbonyl (C=O) groups is 1. The molecule has 2 heterocycles. The summed E-state index contributed by atoms with van der Waals surface area (Å²) >= 11 is 1.98. The third-order valence-electron chi connectivity index (χ3n) is 4.48. The van der Waals surface area contributed by atoms with E-state index in [1.165, 1.54) is 0 Å². The Hall–Kier alpha value is -0.950. The number of piperidine rings is 1. The van der Waals surface area contributed by atoms with Crippen LogP contribution >= 0.6 is 11.8 Å². The summed E-state index contributed by atoms with van der Waals surface area (Å²) in [4.78, 5) is 20.2. The number of carbonyl (C=O) groups excluding carboxylic acids is 1. The van der Waals surface area contributed by atoms with Crippen LogP contribution in [0.15, 0.2) is 4.99 Å². The van der Waals surface area contributed by atoms with Gasteiger partial charge in [0.2, 0.25) is 5.91 Å². The van der Waals surface area contributed by atoms with Crippen LogP contribution in [0.1, 0.15) is 25.7 Å². The first kappa shape index (κ1) is 17.4. The normalized spacial score (nSPS) is 22.0. The summed E-state index contributed by atoms with van der Waals surface area (Å²) in [5, 5.41) is 0. The fourth-order valence-electron chi connectivity index (χ4n) is 2.97. The fraction of sp³-hybridized carbons (Fsp3) is 0.867. The Labute approximate surface area is 137 Å². The summed E-state index contributed by atoms with van der Waals surface area (Å²) in [6.45, 7) is 5.92. The molecule has 0 radical (unpaired) electrons. The zero-order valence-corrected chi connectivity index (χ0v) is 14.2. The topological polar surface area (TPSA) is 88.0 Å². The van der Waals surface area contributed by atoms with Crippen molar-refractivity contribution in [3.8, 4) is 0 Å². The number of aliphatic imine (C=N–C) groups is 1. The van der Waals surface area contributed by atoms with Crippen LogP contribution in [0.25, 0.3) is 0 Å². The van der Waals surface area contributed by atoms with Crippen LogP contribution in [-0.2, 0) is 4.79 Å². The van der Waals surface area contributed by atoms with Gasteiger partial charge in [-0.2, -0.15) is 11.8 Å². The highest BCUT2D eigenvalue weighted by molar-refractivity contribution is 7.99. The maximum absolute atomic E-state index is 11.1. The molecule has 0 aromatic heterocycles. The second-order valence-electron chi connectivity index (χ2n) is 6.06. The van der Waals surface area contributed by atoms with Gasteiger partial charge in [-0.25, -0.2) is 0 Å². The molecule has 0 spiro atoms. The second-order valence-corrected chi connectivity index (χ2v) is 7.29. The molecule has 2 saturated heterocycles. The molecule has 0 bridgehead atoms. The molecular formula is C15H29N5OS. The maximum Gasteiger partial charge on any atom is 0.220 e. The lowest BCUT2D eigenvalue weighted by Crippen LogP contribution is -2.42. The molecule has 2 aliphatic heterocycles. The smallest absolute Gasteiger partial charge is 0.220 e. The van der Waals surface area contributed by atoms with Crippen LogP contribution in [0.5, 0.6) is 0 Å². The molecule has 2 fully saturated rings. The Morgan fingerprint density at radius 2 is 1.77 bits per heavy atom. The molecular weight excluding hydrogens is 298 g/mol. The van der Waals surface area contributed by atoms with E-state index in [1.54, 1.807) is 0 Å². The quantitative estimate of drug-likeness (QED) is 0.417. The highest BCUT2D eigenvalue weighted by Gasteiger charge is 2.22. The molecule has 4 N–H and O–H groups in total. The second kappa shape index (κ2) is 9.25. The highest BCUT2D eigenvalue weighted by Crippen LogP contribution is 2.16. The summed E-state index contributed by atoms with van der Waals surface area (Å²) in [5.41, 5.74) is 11.4. The first-order valence-corrected chi connectivity index (χ1v) is 9.46. The molecule has 6 nitrogen and oxygen atoms in total. The molecule has 2 aliphatic rings. The fourth-order valence-corrected chi connectivity index (χ4v) is 3.88. The third-order valence-corrected chi connectivity index (χ3v) is 5.42. The van der Waals surface area contributed by atoms with Crippen molar-refractivity contribution in [3.05, 3.63) is 0 Å². The van der Waals surface area contributed by atoms with Crippen molar-refractivity contribution in [2.24, 2.45) is 22.4 Å². The van der Waals surface area contributed by atoms with E-state index in [0.717, 1.165) is 76.5 Å². The number of likely N-dealkylation sites (tertiary alicyclic amines) is 1. The number of guanidine groups is 1. The van der Waals surface area contributed by atoms with Gasteiger partial charge in [0, 0.05) is 37.1 Å². The zero-order chi connectivity index (χ0) is 15.8. The first-order valence-electron chi connectivity index (χ1n) is 8.31. The van der Waals surface area contributed by atoms with E-state index >= 15 is 0 Å². The van der Waals surface area contributed by atoms with Crippen molar-refractivity contribution >= 4 is 23.6 Å². The Morgan fingerprint density at radius 3 is 2.41 bits per heavy atom. The van der Waals surface area contributed by atoms with E-state index in [-0.39, 0.29) is 11.8 Å². The van der Waals surface area contributed by atoms with E-state index in [9.17, 15) is 4.79 Å². The SMILES string of the molecule is NC(=O)C1CCN(CCCCN=C(N)N2CCSCC2)CC1. The zero-order valence-electron chi connectivity index (χ0n) is 13.4. The van der Waals surface area contributed by atoms with Gasteiger partial charge in [0.15, 0.2) is 5.96 Å². The van der Waals surface area contributed by atoms with Gasteiger partial charge < -0.3 is 21.3 Å². The number of primary amides is 1. The van der Waals surface area contributed by atoms with Crippen molar-refractivity contribution in [3.63, 3.8) is 0 Å². The van der Waals surface area contributed by atoms with Gasteiger partial charge in [-0.15, -0.1) is 0 Å². The van der Waals surface area contributed by atoms with E-state index in [2.05, 4.69) is 14.8 Å². The standard InChI is InChI=1S/C15H29N5OS/c16-14(21)13-3-7-19(8-4-13)6-2-1-5-18-15(17)20-9-11-22-12-10-20/h13H,1-12H2,(H2,16,21)(H2,17,18). The third kappa shape index (κ3) is 5.68. The minimum Gasteiger partial charge on any atom is -0.370 e. The Kier molecular flexibility index (Phi) is 7.32. The molecule has 1 amide bonds. The van der Waals surface area contributed by atoms with Crippen LogP contribution < -0.4 is 11.5 Å². The number of nitrogens with two attached hydrogens (primary N) is 2. The van der Waals surface area contributed by atoms with Crippen molar-refractivity contribution in [1.82, 2.24) is 9.80 Å². The van der Waals surface area contributed by atoms with E-state index in [1.807, 2.05) is 11.8 Å². The van der Waals surface area contributed by atoms with Crippen LogP contribution in [0.3, 0.4) is 0 Å². The number of amides is 1. The molecule has 0 atom stereocenters. The predicted molar refractivity (Wildman–Crippen MR) is 93.0 cm³/mol. The predicted octanol–water partition coefficient (Wildman–Crippen LogP) is 0.327. The number of nitrogens with zero attached hydrogens (tertiary/aromatic N) is 3. The number of hydrogen-bond acceptors (Lipinski definition) is 4. The van der Waals surface area contributed by atoms with Crippen molar-refractivity contribution in [2.45, 2.75) is 25.7 Å². The molecule has 0 saturated carbocycles. The summed E-state index contributed by atoms with van der Waals surface area (Å²) in [6, 6.07) is 0.